The number of hydrogen-bond acceptors (Lipinski definition) is 7. The van der Waals surface area contributed by atoms with E-state index in [2.05, 4.69) is 4.98 Å². The molecule has 0 unspecified atom stereocenters. The number of rotatable bonds is 6. The van der Waals surface area contributed by atoms with E-state index in [1.807, 2.05) is 0 Å². The van der Waals surface area contributed by atoms with Gasteiger partial charge in [-0.25, -0.2) is 0 Å². The smallest absolute Gasteiger partial charge is 0.303 e. The average Bonchev–Trinajstić information content (AvgIpc) is 2.79. The first-order chi connectivity index (χ1) is 11.3. The van der Waals surface area contributed by atoms with Crippen molar-refractivity contribution in [3.8, 4) is 5.75 Å². The fourth-order valence-electron chi connectivity index (χ4n) is 2.15. The number of aliphatic hydroxyl groups excluding tert-OH is 1. The largest absolute Gasteiger partial charge is 0.505 e. The summed E-state index contributed by atoms with van der Waals surface area (Å²) in [4.78, 5) is 28.6. The van der Waals surface area contributed by atoms with Gasteiger partial charge in [-0.05, 0) is 19.4 Å². The first-order valence-corrected chi connectivity index (χ1v) is 8.33. The number of nitrogens with zero attached hydrogens (tertiary/aromatic N) is 2. The molecule has 7 nitrogen and oxygen atoms in total. The molecule has 1 saturated heterocycles. The molecule has 128 valence electrons. The molecule has 1 fully saturated rings. The fraction of sp³-hybridized carbons (Fsp3) is 0.333. The Morgan fingerprint density at radius 2 is 2.21 bits per heavy atom. The Morgan fingerprint density at radius 3 is 2.83 bits per heavy atom. The lowest BCUT2D eigenvalue weighted by Gasteiger charge is -2.13. The molecule has 0 aliphatic carbocycles. The summed E-state index contributed by atoms with van der Waals surface area (Å²) in [7, 11) is 0. The van der Waals surface area contributed by atoms with E-state index in [1.165, 1.54) is 17.2 Å². The summed E-state index contributed by atoms with van der Waals surface area (Å²) in [5.74, 6) is -1.37. The summed E-state index contributed by atoms with van der Waals surface area (Å²) in [5.41, 5.74) is 1.11. The number of carbonyl (C=O) groups is 2. The molecule has 1 amide bonds. The van der Waals surface area contributed by atoms with Crippen LogP contribution in [0, 0.1) is 6.92 Å². The molecule has 0 radical (unpaired) electrons. The summed E-state index contributed by atoms with van der Waals surface area (Å²) in [6.07, 6.45) is 3.17. The summed E-state index contributed by atoms with van der Waals surface area (Å²) in [5, 5.41) is 28.2. The number of hydrogen-bond donors (Lipinski definition) is 3. The first-order valence-electron chi connectivity index (χ1n) is 7.10. The van der Waals surface area contributed by atoms with Gasteiger partial charge in [0.15, 0.2) is 0 Å². The van der Waals surface area contributed by atoms with E-state index < -0.39 is 5.97 Å². The Hall–Kier alpha value is -1.97. The van der Waals surface area contributed by atoms with Crippen molar-refractivity contribution in [2.45, 2.75) is 26.4 Å². The van der Waals surface area contributed by atoms with Gasteiger partial charge in [0.1, 0.15) is 10.1 Å². The molecule has 1 aliphatic rings. The lowest BCUT2D eigenvalue weighted by Crippen LogP contribution is -2.29. The van der Waals surface area contributed by atoms with Crippen molar-refractivity contribution in [1.82, 2.24) is 9.88 Å². The SMILES string of the molecule is Cc1ncc(CO)c(/C=C2\SC(=S)N(CCCC(=O)O)C2=O)c1O. The highest BCUT2D eigenvalue weighted by Crippen LogP contribution is 2.35. The fourth-order valence-corrected chi connectivity index (χ4v) is 3.44. The predicted molar refractivity (Wildman–Crippen MR) is 93.3 cm³/mol. The van der Waals surface area contributed by atoms with Gasteiger partial charge in [0, 0.05) is 30.3 Å². The predicted octanol–water partition coefficient (Wildman–Crippen LogP) is 1.65. The molecule has 0 spiro atoms. The molecular weight excluding hydrogens is 352 g/mol. The average molecular weight is 368 g/mol. The summed E-state index contributed by atoms with van der Waals surface area (Å²) in [6, 6.07) is 0. The number of thiocarbonyl (C=S) groups is 1. The highest BCUT2D eigenvalue weighted by Gasteiger charge is 2.32. The van der Waals surface area contributed by atoms with E-state index in [1.54, 1.807) is 6.92 Å². The number of carboxylic acid groups (broad SMARTS) is 1. The Balaban J connectivity index is 2.26. The zero-order valence-electron chi connectivity index (χ0n) is 12.9. The Bertz CT molecular complexity index is 733. The van der Waals surface area contributed by atoms with Crippen LogP contribution < -0.4 is 0 Å². The van der Waals surface area contributed by atoms with Crippen molar-refractivity contribution in [1.29, 1.82) is 0 Å². The van der Waals surface area contributed by atoms with Crippen LogP contribution in [-0.4, -0.2) is 47.9 Å². The molecule has 0 bridgehead atoms. The Kier molecular flexibility index (Phi) is 5.92. The van der Waals surface area contributed by atoms with Crippen molar-refractivity contribution in [2.24, 2.45) is 0 Å². The maximum atomic E-state index is 12.4. The van der Waals surface area contributed by atoms with Gasteiger partial charge in [-0.15, -0.1) is 0 Å². The van der Waals surface area contributed by atoms with Crippen LogP contribution in [0.5, 0.6) is 5.75 Å². The number of aryl methyl sites for hydroxylation is 1. The maximum absolute atomic E-state index is 12.4. The van der Waals surface area contributed by atoms with Crippen LogP contribution in [0.2, 0.25) is 0 Å². The molecule has 0 saturated carbocycles. The molecule has 0 aromatic carbocycles. The van der Waals surface area contributed by atoms with Gasteiger partial charge in [0.2, 0.25) is 0 Å². The van der Waals surface area contributed by atoms with E-state index in [9.17, 15) is 19.8 Å². The van der Waals surface area contributed by atoms with E-state index in [4.69, 9.17) is 17.3 Å². The number of aromatic hydroxyl groups is 1. The second-order valence-corrected chi connectivity index (χ2v) is 6.80. The number of thioether (sulfide) groups is 1. The van der Waals surface area contributed by atoms with Crippen molar-refractivity contribution in [3.05, 3.63) is 27.9 Å². The number of amides is 1. The number of aliphatic carboxylic acids is 1. The minimum atomic E-state index is -0.930. The molecule has 2 heterocycles. The van der Waals surface area contributed by atoms with Crippen LogP contribution in [0.4, 0.5) is 0 Å². The highest BCUT2D eigenvalue weighted by molar-refractivity contribution is 8.26. The zero-order valence-corrected chi connectivity index (χ0v) is 14.5. The zero-order chi connectivity index (χ0) is 17.9. The van der Waals surface area contributed by atoms with E-state index in [0.717, 1.165) is 11.8 Å². The monoisotopic (exact) mass is 368 g/mol. The van der Waals surface area contributed by atoms with Crippen molar-refractivity contribution in [2.75, 3.05) is 6.54 Å². The quantitative estimate of drug-likeness (QED) is 0.513. The highest BCUT2D eigenvalue weighted by atomic mass is 32.2. The van der Waals surface area contributed by atoms with E-state index in [-0.39, 0.29) is 31.2 Å². The molecule has 1 aromatic rings. The molecule has 0 atom stereocenters. The van der Waals surface area contributed by atoms with Crippen molar-refractivity contribution in [3.63, 3.8) is 0 Å². The van der Waals surface area contributed by atoms with Crippen LogP contribution >= 0.6 is 24.0 Å². The lowest BCUT2D eigenvalue weighted by molar-refractivity contribution is -0.137. The van der Waals surface area contributed by atoms with Gasteiger partial charge in [0.25, 0.3) is 5.91 Å². The third kappa shape index (κ3) is 3.92. The third-order valence-electron chi connectivity index (χ3n) is 3.45. The molecular formula is C15H16N2O5S2. The van der Waals surface area contributed by atoms with Gasteiger partial charge in [-0.1, -0.05) is 24.0 Å². The van der Waals surface area contributed by atoms with Crippen molar-refractivity contribution < 1.29 is 24.9 Å². The Labute approximate surface area is 148 Å². The van der Waals surface area contributed by atoms with Gasteiger partial charge >= 0.3 is 5.97 Å². The summed E-state index contributed by atoms with van der Waals surface area (Å²) < 4.78 is 0.340. The molecule has 24 heavy (non-hydrogen) atoms. The molecule has 1 aromatic heterocycles. The normalized spacial score (nSPS) is 16.2. The summed E-state index contributed by atoms with van der Waals surface area (Å²) in [6.45, 7) is 1.51. The second kappa shape index (κ2) is 7.73. The minimum Gasteiger partial charge on any atom is -0.505 e. The topological polar surface area (TPSA) is 111 Å². The van der Waals surface area contributed by atoms with Gasteiger partial charge in [-0.3, -0.25) is 19.5 Å². The number of aliphatic hydroxyl groups is 1. The van der Waals surface area contributed by atoms with Crippen LogP contribution in [0.3, 0.4) is 0 Å². The van der Waals surface area contributed by atoms with Crippen LogP contribution in [0.25, 0.3) is 6.08 Å². The number of carboxylic acids is 1. The number of carbonyl (C=O) groups excluding carboxylic acids is 1. The molecule has 1 aliphatic heterocycles. The molecule has 3 N–H and O–H groups in total. The van der Waals surface area contributed by atoms with E-state index >= 15 is 0 Å². The number of pyridine rings is 1. The van der Waals surface area contributed by atoms with Crippen molar-refractivity contribution >= 4 is 46.3 Å². The van der Waals surface area contributed by atoms with Crippen LogP contribution in [-0.2, 0) is 16.2 Å². The standard InChI is InChI=1S/C15H16N2O5S2/c1-8-13(21)10(9(7-18)6-16-8)5-11-14(22)17(15(23)24-11)4-2-3-12(19)20/h5-6,18,21H,2-4,7H2,1H3,(H,19,20)/b11-5-. The van der Waals surface area contributed by atoms with Gasteiger partial charge in [-0.2, -0.15) is 0 Å². The molecule has 2 rings (SSSR count). The van der Waals surface area contributed by atoms with Gasteiger partial charge < -0.3 is 15.3 Å². The third-order valence-corrected chi connectivity index (χ3v) is 4.83. The lowest BCUT2D eigenvalue weighted by atomic mass is 10.1. The van der Waals surface area contributed by atoms with Crippen LogP contribution in [0.1, 0.15) is 29.7 Å². The van der Waals surface area contributed by atoms with Gasteiger partial charge in [0.05, 0.1) is 17.2 Å². The number of aromatic nitrogens is 1. The maximum Gasteiger partial charge on any atom is 0.303 e. The Morgan fingerprint density at radius 1 is 1.50 bits per heavy atom. The second-order valence-electron chi connectivity index (χ2n) is 5.12. The minimum absolute atomic E-state index is 0.0465. The van der Waals surface area contributed by atoms with Crippen LogP contribution in [0.15, 0.2) is 11.1 Å². The van der Waals surface area contributed by atoms with E-state index in [0.29, 0.717) is 32.5 Å². The molecule has 9 heteroatoms. The summed E-state index contributed by atoms with van der Waals surface area (Å²) >= 11 is 6.24. The first kappa shape index (κ1) is 18.4.